The second-order valence-corrected chi connectivity index (χ2v) is 7.11. The second kappa shape index (κ2) is 8.50. The molecule has 1 atom stereocenters. The van der Waals surface area contributed by atoms with Crippen LogP contribution in [0.1, 0.15) is 22.8 Å². The first-order valence-corrected chi connectivity index (χ1v) is 9.76. The molecule has 0 aliphatic carbocycles. The van der Waals surface area contributed by atoms with Crippen molar-refractivity contribution in [2.45, 2.75) is 19.9 Å². The van der Waals surface area contributed by atoms with Crippen molar-refractivity contribution in [3.8, 4) is 11.4 Å². The Morgan fingerprint density at radius 2 is 1.97 bits per heavy atom. The highest BCUT2D eigenvalue weighted by atomic mass is 16.7. The zero-order valence-corrected chi connectivity index (χ0v) is 17.2. The highest BCUT2D eigenvalue weighted by Crippen LogP contribution is 2.27. The van der Waals surface area contributed by atoms with Crippen LogP contribution in [0, 0.1) is 6.92 Å². The van der Waals surface area contributed by atoms with Crippen molar-refractivity contribution in [1.29, 1.82) is 0 Å². The molecule has 3 aromatic rings. The highest BCUT2D eigenvalue weighted by molar-refractivity contribution is 5.98. The SMILES string of the molecule is COc1cccnc1N1CCN(C(=O)c2cc(C)ccc2-n2nccn2)[C@H](C)CO1. The molecule has 9 nitrogen and oxygen atoms in total. The molecule has 1 aliphatic heterocycles. The fourth-order valence-corrected chi connectivity index (χ4v) is 3.46. The first-order valence-electron chi connectivity index (χ1n) is 9.76. The Hall–Kier alpha value is -3.46. The van der Waals surface area contributed by atoms with Gasteiger partial charge in [0.25, 0.3) is 5.91 Å². The van der Waals surface area contributed by atoms with E-state index >= 15 is 0 Å². The number of nitrogens with zero attached hydrogens (tertiary/aromatic N) is 6. The molecular weight excluding hydrogens is 384 g/mol. The summed E-state index contributed by atoms with van der Waals surface area (Å²) in [6.07, 6.45) is 4.87. The molecule has 0 saturated carbocycles. The summed E-state index contributed by atoms with van der Waals surface area (Å²) in [4.78, 5) is 27.2. The number of hydrogen-bond donors (Lipinski definition) is 0. The molecule has 0 N–H and O–H groups in total. The smallest absolute Gasteiger partial charge is 0.256 e. The Bertz CT molecular complexity index is 1020. The number of rotatable bonds is 4. The van der Waals surface area contributed by atoms with Gasteiger partial charge in [0.1, 0.15) is 0 Å². The molecule has 0 radical (unpaired) electrons. The standard InChI is InChI=1S/C21H24N6O3/c1-15-6-7-18(27-23-9-10-24-27)17(13-15)21(28)25-11-12-26(30-14-16(25)2)20-19(29-3)5-4-8-22-20/h4-10,13,16H,11-12,14H2,1-3H3/t16-/m1/s1. The van der Waals surface area contributed by atoms with Gasteiger partial charge in [-0.25, -0.2) is 10.0 Å². The predicted octanol–water partition coefficient (Wildman–Crippen LogP) is 2.26. The number of methoxy groups -OCH3 is 1. The number of anilines is 1. The van der Waals surface area contributed by atoms with Crippen LogP contribution in [-0.2, 0) is 4.84 Å². The summed E-state index contributed by atoms with van der Waals surface area (Å²) in [5, 5.41) is 10.1. The third kappa shape index (κ3) is 3.84. The minimum Gasteiger partial charge on any atom is -0.493 e. The van der Waals surface area contributed by atoms with Gasteiger partial charge >= 0.3 is 0 Å². The van der Waals surface area contributed by atoms with Gasteiger partial charge in [-0.3, -0.25) is 9.63 Å². The molecule has 0 bridgehead atoms. The molecule has 3 heterocycles. The zero-order valence-electron chi connectivity index (χ0n) is 17.2. The number of pyridine rings is 1. The molecular formula is C21H24N6O3. The van der Waals surface area contributed by atoms with E-state index in [1.165, 1.54) is 4.80 Å². The van der Waals surface area contributed by atoms with Crippen LogP contribution in [-0.4, -0.2) is 63.6 Å². The summed E-state index contributed by atoms with van der Waals surface area (Å²) in [7, 11) is 1.60. The van der Waals surface area contributed by atoms with E-state index in [9.17, 15) is 4.79 Å². The Balaban J connectivity index is 1.61. The first kappa shape index (κ1) is 19.8. The molecule has 0 spiro atoms. The average molecular weight is 408 g/mol. The Kier molecular flexibility index (Phi) is 5.62. The van der Waals surface area contributed by atoms with Crippen molar-refractivity contribution in [2.24, 2.45) is 0 Å². The second-order valence-electron chi connectivity index (χ2n) is 7.11. The monoisotopic (exact) mass is 408 g/mol. The summed E-state index contributed by atoms with van der Waals surface area (Å²) in [5.74, 6) is 1.13. The van der Waals surface area contributed by atoms with Gasteiger partial charge in [0, 0.05) is 12.7 Å². The van der Waals surface area contributed by atoms with E-state index in [0.717, 1.165) is 5.56 Å². The molecule has 1 aromatic carbocycles. The van der Waals surface area contributed by atoms with Crippen molar-refractivity contribution in [3.05, 3.63) is 60.0 Å². The van der Waals surface area contributed by atoms with Crippen LogP contribution in [0.25, 0.3) is 5.69 Å². The lowest BCUT2D eigenvalue weighted by molar-refractivity contribution is 0.0597. The minimum atomic E-state index is -0.129. The number of carbonyl (C=O) groups excluding carboxylic acids is 1. The highest BCUT2D eigenvalue weighted by Gasteiger charge is 2.29. The Morgan fingerprint density at radius 1 is 1.17 bits per heavy atom. The predicted molar refractivity (Wildman–Crippen MR) is 111 cm³/mol. The molecule has 1 aliphatic rings. The first-order chi connectivity index (χ1) is 14.6. The van der Waals surface area contributed by atoms with Crippen LogP contribution in [0.2, 0.25) is 0 Å². The summed E-state index contributed by atoms with van der Waals surface area (Å²) in [6, 6.07) is 9.20. The van der Waals surface area contributed by atoms with E-state index in [4.69, 9.17) is 9.57 Å². The minimum absolute atomic E-state index is 0.0862. The zero-order chi connectivity index (χ0) is 21.1. The summed E-state index contributed by atoms with van der Waals surface area (Å²) >= 11 is 0. The number of aryl methyl sites for hydroxylation is 1. The number of aromatic nitrogens is 4. The molecule has 1 saturated heterocycles. The van der Waals surface area contributed by atoms with Gasteiger partial charge in [-0.1, -0.05) is 11.6 Å². The van der Waals surface area contributed by atoms with Crippen molar-refractivity contribution in [2.75, 3.05) is 31.9 Å². The summed E-state index contributed by atoms with van der Waals surface area (Å²) in [5.41, 5.74) is 2.20. The van der Waals surface area contributed by atoms with E-state index in [1.807, 2.05) is 43.0 Å². The summed E-state index contributed by atoms with van der Waals surface area (Å²) < 4.78 is 5.40. The number of ether oxygens (including phenoxy) is 1. The van der Waals surface area contributed by atoms with Crippen molar-refractivity contribution in [3.63, 3.8) is 0 Å². The van der Waals surface area contributed by atoms with Gasteiger partial charge in [-0.05, 0) is 38.1 Å². The fraction of sp³-hybridized carbons (Fsp3) is 0.333. The Labute approximate surface area is 174 Å². The van der Waals surface area contributed by atoms with Crippen molar-refractivity contribution >= 4 is 11.7 Å². The maximum Gasteiger partial charge on any atom is 0.256 e. The lowest BCUT2D eigenvalue weighted by atomic mass is 10.1. The van der Waals surface area contributed by atoms with Gasteiger partial charge in [-0.2, -0.15) is 15.0 Å². The molecule has 0 unspecified atom stereocenters. The third-order valence-electron chi connectivity index (χ3n) is 5.03. The van der Waals surface area contributed by atoms with Crippen LogP contribution < -0.4 is 9.80 Å². The van der Waals surface area contributed by atoms with Crippen LogP contribution in [0.5, 0.6) is 5.75 Å². The van der Waals surface area contributed by atoms with E-state index in [0.29, 0.717) is 42.5 Å². The maximum absolute atomic E-state index is 13.5. The lowest BCUT2D eigenvalue weighted by Gasteiger charge is -2.26. The van der Waals surface area contributed by atoms with E-state index in [2.05, 4.69) is 15.2 Å². The maximum atomic E-state index is 13.5. The molecule has 30 heavy (non-hydrogen) atoms. The fourth-order valence-electron chi connectivity index (χ4n) is 3.46. The van der Waals surface area contributed by atoms with E-state index < -0.39 is 0 Å². The van der Waals surface area contributed by atoms with Crippen LogP contribution in [0.3, 0.4) is 0 Å². The molecule has 9 heteroatoms. The molecule has 1 amide bonds. The van der Waals surface area contributed by atoms with E-state index in [1.54, 1.807) is 36.8 Å². The molecule has 4 rings (SSSR count). The van der Waals surface area contributed by atoms with Crippen LogP contribution in [0.4, 0.5) is 5.82 Å². The number of carbonyl (C=O) groups is 1. The number of amides is 1. The molecule has 156 valence electrons. The van der Waals surface area contributed by atoms with Crippen molar-refractivity contribution in [1.82, 2.24) is 24.9 Å². The lowest BCUT2D eigenvalue weighted by Crippen LogP contribution is -2.41. The largest absolute Gasteiger partial charge is 0.493 e. The normalized spacial score (nSPS) is 17.0. The van der Waals surface area contributed by atoms with Gasteiger partial charge in [0.15, 0.2) is 11.6 Å². The molecule has 2 aromatic heterocycles. The quantitative estimate of drug-likeness (QED) is 0.655. The number of hydrogen-bond acceptors (Lipinski definition) is 7. The van der Waals surface area contributed by atoms with Crippen LogP contribution in [0.15, 0.2) is 48.9 Å². The van der Waals surface area contributed by atoms with E-state index in [-0.39, 0.29) is 11.9 Å². The third-order valence-corrected chi connectivity index (χ3v) is 5.03. The van der Waals surface area contributed by atoms with Crippen molar-refractivity contribution < 1.29 is 14.4 Å². The average Bonchev–Trinajstić information content (AvgIpc) is 3.23. The van der Waals surface area contributed by atoms with Gasteiger partial charge < -0.3 is 9.64 Å². The van der Waals surface area contributed by atoms with Crippen LogP contribution >= 0.6 is 0 Å². The van der Waals surface area contributed by atoms with Gasteiger partial charge in [-0.15, -0.1) is 0 Å². The van der Waals surface area contributed by atoms with Gasteiger partial charge in [0.05, 0.1) is 49.9 Å². The Morgan fingerprint density at radius 3 is 2.73 bits per heavy atom. The van der Waals surface area contributed by atoms with Gasteiger partial charge in [0.2, 0.25) is 0 Å². The number of benzene rings is 1. The summed E-state index contributed by atoms with van der Waals surface area (Å²) in [6.45, 7) is 5.21. The molecule has 1 fully saturated rings. The topological polar surface area (TPSA) is 85.6 Å². The number of hydroxylamine groups is 1.